The number of rotatable bonds is 7. The highest BCUT2D eigenvalue weighted by atomic mass is 32.2. The molecule has 2 aromatic carbocycles. The van der Waals surface area contributed by atoms with E-state index in [-0.39, 0.29) is 5.78 Å². The molecule has 3 rings (SSSR count). The third-order valence-corrected chi connectivity index (χ3v) is 5.02. The maximum Gasteiger partial charge on any atom is 0.203 e. The molecule has 0 bridgehead atoms. The number of allylic oxidation sites excluding steroid dienone is 1. The van der Waals surface area contributed by atoms with Crippen molar-refractivity contribution in [3.8, 4) is 17.2 Å². The van der Waals surface area contributed by atoms with E-state index in [1.807, 2.05) is 42.8 Å². The van der Waals surface area contributed by atoms with Crippen LogP contribution in [0.3, 0.4) is 0 Å². The van der Waals surface area contributed by atoms with Crippen molar-refractivity contribution in [3.63, 3.8) is 0 Å². The van der Waals surface area contributed by atoms with Crippen LogP contribution in [0, 0.1) is 0 Å². The average Bonchev–Trinajstić information content (AvgIpc) is 3.13. The highest BCUT2D eigenvalue weighted by Crippen LogP contribution is 2.39. The lowest BCUT2D eigenvalue weighted by Gasteiger charge is -2.14. The number of benzene rings is 2. The molecule has 27 heavy (non-hydrogen) atoms. The van der Waals surface area contributed by atoms with Crippen molar-refractivity contribution in [1.82, 2.24) is 4.98 Å². The number of aromatic nitrogens is 1. The number of H-pyrrole nitrogens is 1. The second kappa shape index (κ2) is 8.22. The molecular formula is C21H21NO4S. The van der Waals surface area contributed by atoms with Crippen molar-refractivity contribution in [3.05, 3.63) is 58.6 Å². The lowest BCUT2D eigenvalue weighted by atomic mass is 10.1. The van der Waals surface area contributed by atoms with E-state index >= 15 is 0 Å². The Balaban J connectivity index is 2.05. The van der Waals surface area contributed by atoms with E-state index in [0.717, 1.165) is 16.5 Å². The zero-order chi connectivity index (χ0) is 19.4. The molecular weight excluding hydrogens is 362 g/mol. The molecule has 1 aromatic heterocycles. The summed E-state index contributed by atoms with van der Waals surface area (Å²) < 4.78 is 16.0. The predicted molar refractivity (Wildman–Crippen MR) is 110 cm³/mol. The summed E-state index contributed by atoms with van der Waals surface area (Å²) in [6, 6.07) is 11.3. The molecule has 6 heteroatoms. The maximum absolute atomic E-state index is 13.1. The zero-order valence-electron chi connectivity index (χ0n) is 15.7. The fourth-order valence-electron chi connectivity index (χ4n) is 2.93. The second-order valence-electron chi connectivity index (χ2n) is 5.75. The quantitative estimate of drug-likeness (QED) is 0.470. The topological polar surface area (TPSA) is 60.6 Å². The van der Waals surface area contributed by atoms with Gasteiger partial charge in [-0.05, 0) is 30.5 Å². The van der Waals surface area contributed by atoms with E-state index in [9.17, 15) is 4.79 Å². The van der Waals surface area contributed by atoms with Crippen LogP contribution in [-0.4, -0.2) is 38.4 Å². The van der Waals surface area contributed by atoms with Gasteiger partial charge in [0.25, 0.3) is 0 Å². The highest BCUT2D eigenvalue weighted by molar-refractivity contribution is 8.03. The van der Waals surface area contributed by atoms with Crippen LogP contribution in [-0.2, 0) is 0 Å². The molecule has 0 amide bonds. The van der Waals surface area contributed by atoms with Gasteiger partial charge in [-0.15, -0.1) is 11.8 Å². The van der Waals surface area contributed by atoms with Gasteiger partial charge in [0.2, 0.25) is 5.75 Å². The van der Waals surface area contributed by atoms with Crippen molar-refractivity contribution in [2.24, 2.45) is 0 Å². The van der Waals surface area contributed by atoms with Crippen LogP contribution >= 0.6 is 11.8 Å². The Bertz CT molecular complexity index is 981. The molecule has 0 saturated carbocycles. The SMILES string of the molecule is COc1cc(C(=O)/C(=C/c2c[nH]c3ccccc23)SC)cc(OC)c1OC. The number of Topliss-reactive ketones (excluding diaryl/α,β-unsaturated/α-hetero) is 1. The number of hydrogen-bond donors (Lipinski definition) is 1. The van der Waals surface area contributed by atoms with Gasteiger partial charge in [-0.1, -0.05) is 18.2 Å². The van der Waals surface area contributed by atoms with Crippen LogP contribution in [0.25, 0.3) is 17.0 Å². The lowest BCUT2D eigenvalue weighted by Crippen LogP contribution is -2.04. The summed E-state index contributed by atoms with van der Waals surface area (Å²) in [7, 11) is 4.59. The minimum absolute atomic E-state index is 0.105. The molecule has 0 aliphatic rings. The number of ether oxygens (including phenoxy) is 3. The van der Waals surface area contributed by atoms with Gasteiger partial charge in [0, 0.05) is 28.2 Å². The fourth-order valence-corrected chi connectivity index (χ4v) is 3.47. The Kier molecular flexibility index (Phi) is 5.76. The van der Waals surface area contributed by atoms with E-state index in [1.165, 1.54) is 33.1 Å². The number of methoxy groups -OCH3 is 3. The number of ketones is 1. The van der Waals surface area contributed by atoms with Crippen LogP contribution in [0.2, 0.25) is 0 Å². The van der Waals surface area contributed by atoms with Gasteiger partial charge in [0.1, 0.15) is 0 Å². The number of thioether (sulfide) groups is 1. The predicted octanol–water partition coefficient (Wildman–Crippen LogP) is 4.78. The van der Waals surface area contributed by atoms with Crippen molar-refractivity contribution < 1.29 is 19.0 Å². The summed E-state index contributed by atoms with van der Waals surface area (Å²) in [5, 5.41) is 1.07. The number of hydrogen-bond acceptors (Lipinski definition) is 5. The highest BCUT2D eigenvalue weighted by Gasteiger charge is 2.19. The van der Waals surface area contributed by atoms with Gasteiger partial charge in [-0.2, -0.15) is 0 Å². The third-order valence-electron chi connectivity index (χ3n) is 4.28. The van der Waals surface area contributed by atoms with E-state index in [2.05, 4.69) is 4.98 Å². The minimum Gasteiger partial charge on any atom is -0.493 e. The van der Waals surface area contributed by atoms with Crippen LogP contribution in [0.15, 0.2) is 47.5 Å². The monoisotopic (exact) mass is 383 g/mol. The average molecular weight is 383 g/mol. The first kappa shape index (κ1) is 18.9. The van der Waals surface area contributed by atoms with Gasteiger partial charge in [-0.25, -0.2) is 0 Å². The van der Waals surface area contributed by atoms with E-state index in [1.54, 1.807) is 12.1 Å². The molecule has 3 aromatic rings. The van der Waals surface area contributed by atoms with Crippen molar-refractivity contribution in [2.75, 3.05) is 27.6 Å². The molecule has 1 heterocycles. The molecule has 0 spiro atoms. The first-order valence-corrected chi connectivity index (χ1v) is 9.52. The summed E-state index contributed by atoms with van der Waals surface area (Å²) in [5.41, 5.74) is 2.48. The standard InChI is InChI=1S/C21H21NO4S/c1-24-17-9-13(10-18(25-2)21(17)26-3)20(23)19(27-4)11-14-12-22-16-8-6-5-7-15(14)16/h5-12,22H,1-4H3/b19-11-. The zero-order valence-corrected chi connectivity index (χ0v) is 16.5. The summed E-state index contributed by atoms with van der Waals surface area (Å²) in [5.74, 6) is 1.26. The number of fused-ring (bicyclic) bond motifs is 1. The Morgan fingerprint density at radius 3 is 2.30 bits per heavy atom. The number of carbonyl (C=O) groups excluding carboxylic acids is 1. The Morgan fingerprint density at radius 2 is 1.70 bits per heavy atom. The van der Waals surface area contributed by atoms with E-state index in [4.69, 9.17) is 14.2 Å². The van der Waals surface area contributed by atoms with Gasteiger partial charge in [0.15, 0.2) is 17.3 Å². The van der Waals surface area contributed by atoms with Crippen molar-refractivity contribution in [1.29, 1.82) is 0 Å². The fraction of sp³-hybridized carbons (Fsp3) is 0.190. The first-order valence-electron chi connectivity index (χ1n) is 8.29. The molecule has 0 aliphatic carbocycles. The Morgan fingerprint density at radius 1 is 1.04 bits per heavy atom. The van der Waals surface area contributed by atoms with Crippen LogP contribution < -0.4 is 14.2 Å². The Hall–Kier alpha value is -2.86. The van der Waals surface area contributed by atoms with Gasteiger partial charge >= 0.3 is 0 Å². The second-order valence-corrected chi connectivity index (χ2v) is 6.59. The van der Waals surface area contributed by atoms with Crippen molar-refractivity contribution in [2.45, 2.75) is 0 Å². The normalized spacial score (nSPS) is 11.5. The van der Waals surface area contributed by atoms with Crippen LogP contribution in [0.4, 0.5) is 0 Å². The Labute approximate surface area is 162 Å². The molecule has 1 N–H and O–H groups in total. The molecule has 0 saturated heterocycles. The lowest BCUT2D eigenvalue weighted by molar-refractivity contribution is 0.104. The van der Waals surface area contributed by atoms with Gasteiger partial charge in [0.05, 0.1) is 26.2 Å². The molecule has 5 nitrogen and oxygen atoms in total. The maximum atomic E-state index is 13.1. The van der Waals surface area contributed by atoms with Gasteiger partial charge < -0.3 is 19.2 Å². The molecule has 140 valence electrons. The summed E-state index contributed by atoms with van der Waals surface area (Å²) in [4.78, 5) is 17.0. The largest absolute Gasteiger partial charge is 0.493 e. The first-order chi connectivity index (χ1) is 13.1. The van der Waals surface area contributed by atoms with E-state index in [0.29, 0.717) is 27.7 Å². The summed E-state index contributed by atoms with van der Waals surface area (Å²) in [6.45, 7) is 0. The summed E-state index contributed by atoms with van der Waals surface area (Å²) in [6.07, 6.45) is 5.69. The minimum atomic E-state index is -0.105. The molecule has 0 radical (unpaired) electrons. The van der Waals surface area contributed by atoms with Crippen LogP contribution in [0.5, 0.6) is 17.2 Å². The van der Waals surface area contributed by atoms with Crippen LogP contribution in [0.1, 0.15) is 15.9 Å². The number of para-hydroxylation sites is 1. The molecule has 0 unspecified atom stereocenters. The number of aromatic amines is 1. The molecule has 0 atom stereocenters. The van der Waals surface area contributed by atoms with Gasteiger partial charge in [-0.3, -0.25) is 4.79 Å². The summed E-state index contributed by atoms with van der Waals surface area (Å²) >= 11 is 1.40. The molecule has 0 aliphatic heterocycles. The molecule has 0 fully saturated rings. The number of nitrogens with one attached hydrogen (secondary N) is 1. The smallest absolute Gasteiger partial charge is 0.203 e. The van der Waals surface area contributed by atoms with Crippen molar-refractivity contribution >= 4 is 34.5 Å². The number of carbonyl (C=O) groups is 1. The third kappa shape index (κ3) is 3.66. The van der Waals surface area contributed by atoms with E-state index < -0.39 is 0 Å².